The van der Waals surface area contributed by atoms with E-state index in [1.54, 1.807) is 0 Å². The molecule has 88 valence electrons. The Kier molecular flexibility index (Phi) is 1.81. The minimum atomic E-state index is 0.608. The third kappa shape index (κ3) is 1.17. The van der Waals surface area contributed by atoms with Crippen molar-refractivity contribution in [1.82, 2.24) is 4.98 Å². The van der Waals surface area contributed by atoms with Crippen molar-refractivity contribution in [3.63, 3.8) is 0 Å². The summed E-state index contributed by atoms with van der Waals surface area (Å²) in [4.78, 5) is 4.42. The maximum atomic E-state index is 6.15. The van der Waals surface area contributed by atoms with Gasteiger partial charge >= 0.3 is 0 Å². The average Bonchev–Trinajstić information content (AvgIpc) is 2.88. The molecule has 0 aliphatic heterocycles. The zero-order chi connectivity index (χ0) is 12.3. The number of aryl methyl sites for hydroxylation is 1. The van der Waals surface area contributed by atoms with E-state index in [2.05, 4.69) is 4.98 Å². The first-order valence-corrected chi connectivity index (χ1v) is 5.99. The molecule has 0 fully saturated rings. The number of halogens is 1. The maximum Gasteiger partial charge on any atom is 0.192 e. The molecule has 0 amide bonds. The Balaban J connectivity index is 2.36. The van der Waals surface area contributed by atoms with Crippen LogP contribution in [0.1, 0.15) is 5.89 Å². The molecule has 0 saturated heterocycles. The molecule has 18 heavy (non-hydrogen) atoms. The van der Waals surface area contributed by atoms with E-state index in [1.165, 1.54) is 0 Å². The molecule has 0 spiro atoms. The van der Waals surface area contributed by atoms with Gasteiger partial charge in [-0.1, -0.05) is 23.7 Å². The van der Waals surface area contributed by atoms with Crippen LogP contribution in [0.4, 0.5) is 0 Å². The van der Waals surface area contributed by atoms with Gasteiger partial charge in [-0.15, -0.1) is 0 Å². The molecule has 0 unspecified atom stereocenters. The van der Waals surface area contributed by atoms with Crippen molar-refractivity contribution in [3.8, 4) is 0 Å². The number of hydrogen-bond donors (Lipinski definition) is 0. The lowest BCUT2D eigenvalue weighted by molar-refractivity contribution is 0.561. The van der Waals surface area contributed by atoms with Gasteiger partial charge in [0.2, 0.25) is 0 Å². The van der Waals surface area contributed by atoms with Crippen LogP contribution in [0.3, 0.4) is 0 Å². The zero-order valence-electron chi connectivity index (χ0n) is 9.53. The number of oxazole rings is 1. The van der Waals surface area contributed by atoms with Crippen molar-refractivity contribution in [2.75, 3.05) is 0 Å². The van der Waals surface area contributed by atoms with Gasteiger partial charge in [0.05, 0.1) is 10.4 Å². The molecule has 0 atom stereocenters. The minimum absolute atomic E-state index is 0.608. The maximum absolute atomic E-state index is 6.15. The van der Waals surface area contributed by atoms with Crippen LogP contribution in [0.15, 0.2) is 39.2 Å². The van der Waals surface area contributed by atoms with Gasteiger partial charge in [-0.05, 0) is 18.2 Å². The fourth-order valence-electron chi connectivity index (χ4n) is 2.35. The largest absolute Gasteiger partial charge is 0.454 e. The van der Waals surface area contributed by atoms with E-state index in [1.807, 2.05) is 37.3 Å². The average molecular weight is 258 g/mol. The molecule has 4 rings (SSSR count). The lowest BCUT2D eigenvalue weighted by Crippen LogP contribution is -1.72. The van der Waals surface area contributed by atoms with Crippen LogP contribution in [-0.4, -0.2) is 4.98 Å². The molecular weight excluding hydrogens is 250 g/mol. The van der Waals surface area contributed by atoms with Crippen molar-refractivity contribution in [1.29, 1.82) is 0 Å². The second-order valence-electron chi connectivity index (χ2n) is 4.24. The van der Waals surface area contributed by atoms with Crippen LogP contribution >= 0.6 is 11.6 Å². The van der Waals surface area contributed by atoms with Crippen molar-refractivity contribution < 1.29 is 8.83 Å². The van der Waals surface area contributed by atoms with Gasteiger partial charge in [0.25, 0.3) is 0 Å². The molecule has 4 aromatic rings. The highest BCUT2D eigenvalue weighted by atomic mass is 35.5. The standard InChI is InChI=1S/C14H8ClNO2/c1-7-16-13-11(17-7)6-5-10-12(13)8-3-2-4-9(15)14(8)18-10/h2-6H,1H3. The zero-order valence-corrected chi connectivity index (χ0v) is 10.3. The van der Waals surface area contributed by atoms with E-state index < -0.39 is 0 Å². The summed E-state index contributed by atoms with van der Waals surface area (Å²) < 4.78 is 11.3. The number of furan rings is 1. The first kappa shape index (κ1) is 9.97. The summed E-state index contributed by atoms with van der Waals surface area (Å²) in [6, 6.07) is 9.46. The third-order valence-electron chi connectivity index (χ3n) is 3.08. The van der Waals surface area contributed by atoms with Gasteiger partial charge in [0, 0.05) is 12.3 Å². The number of aromatic nitrogens is 1. The van der Waals surface area contributed by atoms with E-state index in [0.717, 1.165) is 27.5 Å². The molecular formula is C14H8ClNO2. The van der Waals surface area contributed by atoms with Gasteiger partial charge in [-0.25, -0.2) is 4.98 Å². The molecule has 0 saturated carbocycles. The quantitative estimate of drug-likeness (QED) is 0.459. The van der Waals surface area contributed by atoms with Gasteiger partial charge in [-0.2, -0.15) is 0 Å². The van der Waals surface area contributed by atoms with E-state index in [9.17, 15) is 0 Å². The molecule has 2 aromatic carbocycles. The smallest absolute Gasteiger partial charge is 0.192 e. The minimum Gasteiger partial charge on any atom is -0.454 e. The Morgan fingerprint density at radius 1 is 1.06 bits per heavy atom. The summed E-state index contributed by atoms with van der Waals surface area (Å²) in [5.41, 5.74) is 3.06. The van der Waals surface area contributed by atoms with E-state index >= 15 is 0 Å². The SMILES string of the molecule is Cc1nc2c(ccc3oc4c(Cl)cccc4c32)o1. The highest BCUT2D eigenvalue weighted by Gasteiger charge is 2.15. The molecule has 0 aliphatic carbocycles. The van der Waals surface area contributed by atoms with Gasteiger partial charge in [-0.3, -0.25) is 0 Å². The summed E-state index contributed by atoms with van der Waals surface area (Å²) in [5, 5.41) is 2.54. The summed E-state index contributed by atoms with van der Waals surface area (Å²) in [7, 11) is 0. The Labute approximate surface area is 107 Å². The number of hydrogen-bond acceptors (Lipinski definition) is 3. The van der Waals surface area contributed by atoms with E-state index in [0.29, 0.717) is 16.5 Å². The second kappa shape index (κ2) is 3.27. The molecule has 0 radical (unpaired) electrons. The Morgan fingerprint density at radius 2 is 1.89 bits per heavy atom. The van der Waals surface area contributed by atoms with Crippen LogP contribution < -0.4 is 0 Å². The summed E-state index contributed by atoms with van der Waals surface area (Å²) in [5.74, 6) is 0.647. The van der Waals surface area contributed by atoms with Crippen LogP contribution in [0.2, 0.25) is 5.02 Å². The first-order chi connectivity index (χ1) is 8.74. The van der Waals surface area contributed by atoms with Crippen LogP contribution in [0, 0.1) is 6.92 Å². The molecule has 0 aliphatic rings. The van der Waals surface area contributed by atoms with Crippen molar-refractivity contribution in [2.45, 2.75) is 6.92 Å². The predicted octanol–water partition coefficient (Wildman–Crippen LogP) is 4.69. The predicted molar refractivity (Wildman–Crippen MR) is 71.0 cm³/mol. The summed E-state index contributed by atoms with van der Waals surface area (Å²) in [6.07, 6.45) is 0. The summed E-state index contributed by atoms with van der Waals surface area (Å²) >= 11 is 6.15. The Bertz CT molecular complexity index is 904. The topological polar surface area (TPSA) is 39.2 Å². The highest BCUT2D eigenvalue weighted by Crippen LogP contribution is 2.37. The fourth-order valence-corrected chi connectivity index (χ4v) is 2.56. The molecule has 0 N–H and O–H groups in total. The number of rotatable bonds is 0. The van der Waals surface area contributed by atoms with Gasteiger partial charge in [0.15, 0.2) is 17.1 Å². The lowest BCUT2D eigenvalue weighted by Gasteiger charge is -1.90. The second-order valence-corrected chi connectivity index (χ2v) is 4.64. The summed E-state index contributed by atoms with van der Waals surface area (Å²) in [6.45, 7) is 1.83. The molecule has 0 bridgehead atoms. The third-order valence-corrected chi connectivity index (χ3v) is 3.38. The fraction of sp³-hybridized carbons (Fsp3) is 0.0714. The molecule has 2 heterocycles. The molecule has 2 aromatic heterocycles. The number of nitrogens with zero attached hydrogens (tertiary/aromatic N) is 1. The first-order valence-electron chi connectivity index (χ1n) is 5.61. The number of para-hydroxylation sites is 1. The van der Waals surface area contributed by atoms with Crippen LogP contribution in [-0.2, 0) is 0 Å². The Morgan fingerprint density at radius 3 is 2.78 bits per heavy atom. The Hall–Kier alpha value is -2.00. The van der Waals surface area contributed by atoms with Gasteiger partial charge < -0.3 is 8.83 Å². The lowest BCUT2D eigenvalue weighted by atomic mass is 10.1. The highest BCUT2D eigenvalue weighted by molar-refractivity contribution is 6.36. The van der Waals surface area contributed by atoms with Crippen molar-refractivity contribution in [3.05, 3.63) is 41.2 Å². The van der Waals surface area contributed by atoms with E-state index in [4.69, 9.17) is 20.4 Å². The molecule has 4 heteroatoms. The van der Waals surface area contributed by atoms with E-state index in [-0.39, 0.29) is 0 Å². The monoisotopic (exact) mass is 257 g/mol. The van der Waals surface area contributed by atoms with Gasteiger partial charge in [0.1, 0.15) is 11.1 Å². The van der Waals surface area contributed by atoms with Crippen LogP contribution in [0.25, 0.3) is 33.0 Å². The van der Waals surface area contributed by atoms with Crippen molar-refractivity contribution >= 4 is 44.6 Å². The van der Waals surface area contributed by atoms with Crippen LogP contribution in [0.5, 0.6) is 0 Å². The molecule has 3 nitrogen and oxygen atoms in total. The number of benzene rings is 2. The normalized spacial score (nSPS) is 11.9. The van der Waals surface area contributed by atoms with Crippen molar-refractivity contribution in [2.24, 2.45) is 0 Å². The number of fused-ring (bicyclic) bond motifs is 5.